The summed E-state index contributed by atoms with van der Waals surface area (Å²) in [5, 5.41) is 22.4. The van der Waals surface area contributed by atoms with Crippen LogP contribution in [0.2, 0.25) is 0 Å². The molecule has 1 fully saturated rings. The van der Waals surface area contributed by atoms with Crippen LogP contribution in [0.4, 0.5) is 5.69 Å². The Morgan fingerprint density at radius 2 is 1.97 bits per heavy atom. The topological polar surface area (TPSA) is 73.2 Å². The van der Waals surface area contributed by atoms with E-state index in [9.17, 15) is 15.0 Å². The summed E-state index contributed by atoms with van der Waals surface area (Å²) in [6, 6.07) is 13.5. The third kappa shape index (κ3) is 4.40. The summed E-state index contributed by atoms with van der Waals surface area (Å²) in [5.41, 5.74) is 2.73. The Labute approximate surface area is 190 Å². The largest absolute Gasteiger partial charge is 0.496 e. The van der Waals surface area contributed by atoms with Crippen LogP contribution < -0.4 is 9.64 Å². The molecular formula is C26H34N2O4. The quantitative estimate of drug-likeness (QED) is 0.724. The molecule has 2 atom stereocenters. The van der Waals surface area contributed by atoms with Gasteiger partial charge >= 0.3 is 0 Å². The Morgan fingerprint density at radius 1 is 1.19 bits per heavy atom. The van der Waals surface area contributed by atoms with E-state index in [-0.39, 0.29) is 11.8 Å². The number of para-hydroxylation sites is 1. The Morgan fingerprint density at radius 3 is 2.72 bits per heavy atom. The Balaban J connectivity index is 1.46. The monoisotopic (exact) mass is 438 g/mol. The van der Waals surface area contributed by atoms with Gasteiger partial charge in [-0.3, -0.25) is 9.69 Å². The molecule has 2 aromatic carbocycles. The molecule has 1 amide bonds. The number of likely N-dealkylation sites (tertiary alicyclic amines) is 1. The fourth-order valence-corrected chi connectivity index (χ4v) is 5.05. The standard InChI is InChI=1S/C26H34N2O4/c1-18(2)25(30)28-14-11-19-15-20(9-10-22(19)28)23(29)16-27-13-6-12-26(31,17-27)21-7-4-5-8-24(21)32-3/h4-5,7-10,15,18,23,29,31H,6,11-14,16-17H2,1-3H3/t23-,26-/m0/s1. The van der Waals surface area contributed by atoms with Gasteiger partial charge in [0, 0.05) is 36.8 Å². The molecule has 0 aromatic heterocycles. The van der Waals surface area contributed by atoms with Crippen LogP contribution in [0.5, 0.6) is 5.75 Å². The first-order chi connectivity index (χ1) is 15.3. The first-order valence-electron chi connectivity index (χ1n) is 11.5. The van der Waals surface area contributed by atoms with Crippen LogP contribution in [0.15, 0.2) is 42.5 Å². The number of methoxy groups -OCH3 is 1. The van der Waals surface area contributed by atoms with Crippen LogP contribution in [0.25, 0.3) is 0 Å². The predicted molar refractivity (Wildman–Crippen MR) is 125 cm³/mol. The van der Waals surface area contributed by atoms with Gasteiger partial charge in [0.15, 0.2) is 0 Å². The fraction of sp³-hybridized carbons (Fsp3) is 0.500. The molecule has 0 bridgehead atoms. The number of β-amino-alcohol motifs (C(OH)–C–C–N with tert-alkyl or cyclic N) is 2. The number of aliphatic hydroxyl groups is 2. The Bertz CT molecular complexity index is 976. The highest BCUT2D eigenvalue weighted by Crippen LogP contribution is 2.38. The second-order valence-electron chi connectivity index (χ2n) is 9.37. The number of ether oxygens (including phenoxy) is 1. The SMILES string of the molecule is COc1ccccc1[C@]1(O)CCCN(C[C@H](O)c2ccc3c(c2)CCN3C(=O)C(C)C)C1. The third-order valence-electron chi connectivity index (χ3n) is 6.73. The van der Waals surface area contributed by atoms with Gasteiger partial charge in [0.25, 0.3) is 0 Å². The minimum atomic E-state index is -1.000. The molecule has 4 rings (SSSR count). The predicted octanol–water partition coefficient (Wildman–Crippen LogP) is 3.26. The second kappa shape index (κ2) is 9.22. The van der Waals surface area contributed by atoms with Crippen LogP contribution in [0, 0.1) is 5.92 Å². The Hall–Kier alpha value is -2.41. The van der Waals surface area contributed by atoms with E-state index in [0.717, 1.165) is 41.8 Å². The third-order valence-corrected chi connectivity index (χ3v) is 6.73. The number of hydrogen-bond acceptors (Lipinski definition) is 5. The lowest BCUT2D eigenvalue weighted by atomic mass is 9.85. The van der Waals surface area contributed by atoms with Crippen molar-refractivity contribution in [3.05, 3.63) is 59.2 Å². The van der Waals surface area contributed by atoms with E-state index >= 15 is 0 Å². The molecule has 2 aliphatic rings. The summed E-state index contributed by atoms with van der Waals surface area (Å²) in [7, 11) is 1.62. The summed E-state index contributed by atoms with van der Waals surface area (Å²) in [5.74, 6) is 0.796. The van der Waals surface area contributed by atoms with E-state index in [1.807, 2.05) is 61.2 Å². The molecule has 6 heteroatoms. The van der Waals surface area contributed by atoms with Crippen molar-refractivity contribution in [2.75, 3.05) is 38.2 Å². The Kier molecular flexibility index (Phi) is 6.56. The van der Waals surface area contributed by atoms with Crippen molar-refractivity contribution in [2.45, 2.75) is 44.8 Å². The molecule has 2 aromatic rings. The number of hydrogen-bond donors (Lipinski definition) is 2. The van der Waals surface area contributed by atoms with Crippen molar-refractivity contribution in [1.29, 1.82) is 0 Å². The van der Waals surface area contributed by atoms with Crippen molar-refractivity contribution < 1.29 is 19.7 Å². The van der Waals surface area contributed by atoms with Crippen molar-refractivity contribution in [1.82, 2.24) is 4.90 Å². The number of benzene rings is 2. The maximum absolute atomic E-state index is 12.5. The summed E-state index contributed by atoms with van der Waals surface area (Å²) < 4.78 is 5.48. The number of carbonyl (C=O) groups is 1. The molecule has 2 aliphatic heterocycles. The number of aliphatic hydroxyl groups excluding tert-OH is 1. The normalized spacial score (nSPS) is 22.1. The second-order valence-corrected chi connectivity index (χ2v) is 9.37. The highest BCUT2D eigenvalue weighted by molar-refractivity contribution is 5.96. The fourth-order valence-electron chi connectivity index (χ4n) is 5.05. The lowest BCUT2D eigenvalue weighted by Gasteiger charge is -2.40. The highest BCUT2D eigenvalue weighted by Gasteiger charge is 2.37. The number of rotatable bonds is 6. The first kappa shape index (κ1) is 22.8. The number of anilines is 1. The van der Waals surface area contributed by atoms with Gasteiger partial charge in [-0.1, -0.05) is 44.2 Å². The zero-order chi connectivity index (χ0) is 22.9. The average molecular weight is 439 g/mol. The van der Waals surface area contributed by atoms with Crippen LogP contribution >= 0.6 is 0 Å². The average Bonchev–Trinajstić information content (AvgIpc) is 3.21. The van der Waals surface area contributed by atoms with E-state index in [2.05, 4.69) is 4.90 Å². The van der Waals surface area contributed by atoms with Gasteiger partial charge in [0.1, 0.15) is 11.4 Å². The lowest BCUT2D eigenvalue weighted by molar-refractivity contribution is -0.121. The molecule has 0 unspecified atom stereocenters. The number of amides is 1. The van der Waals surface area contributed by atoms with Gasteiger partial charge in [-0.05, 0) is 49.1 Å². The number of piperidine rings is 1. The summed E-state index contributed by atoms with van der Waals surface area (Å²) in [4.78, 5) is 16.4. The van der Waals surface area contributed by atoms with Crippen molar-refractivity contribution in [3.63, 3.8) is 0 Å². The molecule has 32 heavy (non-hydrogen) atoms. The van der Waals surface area contributed by atoms with E-state index in [4.69, 9.17) is 4.74 Å². The van der Waals surface area contributed by atoms with Crippen LogP contribution in [-0.2, 0) is 16.8 Å². The molecule has 0 spiro atoms. The molecule has 2 heterocycles. The number of fused-ring (bicyclic) bond motifs is 1. The summed E-state index contributed by atoms with van der Waals surface area (Å²) >= 11 is 0. The zero-order valence-corrected chi connectivity index (χ0v) is 19.3. The van der Waals surface area contributed by atoms with Crippen molar-refractivity contribution >= 4 is 11.6 Å². The lowest BCUT2D eigenvalue weighted by Crippen LogP contribution is -2.47. The maximum atomic E-state index is 12.5. The maximum Gasteiger partial charge on any atom is 0.229 e. The van der Waals surface area contributed by atoms with E-state index < -0.39 is 11.7 Å². The smallest absolute Gasteiger partial charge is 0.229 e. The minimum Gasteiger partial charge on any atom is -0.496 e. The van der Waals surface area contributed by atoms with Gasteiger partial charge in [-0.25, -0.2) is 0 Å². The molecule has 2 N–H and O–H groups in total. The molecule has 1 saturated heterocycles. The molecule has 6 nitrogen and oxygen atoms in total. The molecule has 0 aliphatic carbocycles. The van der Waals surface area contributed by atoms with Crippen LogP contribution in [-0.4, -0.2) is 54.3 Å². The number of carbonyl (C=O) groups excluding carboxylic acids is 1. The van der Waals surface area contributed by atoms with Crippen LogP contribution in [0.3, 0.4) is 0 Å². The van der Waals surface area contributed by atoms with E-state index in [1.54, 1.807) is 7.11 Å². The molecule has 0 saturated carbocycles. The van der Waals surface area contributed by atoms with Gasteiger partial charge in [-0.2, -0.15) is 0 Å². The minimum absolute atomic E-state index is 0.0349. The molecule has 0 radical (unpaired) electrons. The zero-order valence-electron chi connectivity index (χ0n) is 19.3. The van der Waals surface area contributed by atoms with Crippen molar-refractivity contribution in [2.24, 2.45) is 5.92 Å². The van der Waals surface area contributed by atoms with Gasteiger partial charge in [0.05, 0.1) is 13.2 Å². The van der Waals surface area contributed by atoms with E-state index in [1.165, 1.54) is 0 Å². The van der Waals surface area contributed by atoms with Gasteiger partial charge in [0.2, 0.25) is 5.91 Å². The van der Waals surface area contributed by atoms with E-state index in [0.29, 0.717) is 31.8 Å². The van der Waals surface area contributed by atoms with Gasteiger partial charge < -0.3 is 19.8 Å². The summed E-state index contributed by atoms with van der Waals surface area (Å²) in [6.45, 7) is 6.27. The van der Waals surface area contributed by atoms with Crippen LogP contribution in [0.1, 0.15) is 49.5 Å². The summed E-state index contributed by atoms with van der Waals surface area (Å²) in [6.07, 6.45) is 1.66. The first-order valence-corrected chi connectivity index (χ1v) is 11.5. The highest BCUT2D eigenvalue weighted by atomic mass is 16.5. The molecule has 172 valence electrons. The number of nitrogens with zero attached hydrogens (tertiary/aromatic N) is 2. The molecular weight excluding hydrogens is 404 g/mol. The van der Waals surface area contributed by atoms with Crippen molar-refractivity contribution in [3.8, 4) is 5.75 Å². The van der Waals surface area contributed by atoms with Gasteiger partial charge in [-0.15, -0.1) is 0 Å².